The summed E-state index contributed by atoms with van der Waals surface area (Å²) in [6, 6.07) is 0. The molecule has 0 aliphatic heterocycles. The Morgan fingerprint density at radius 2 is 0.842 bits per heavy atom. The van der Waals surface area contributed by atoms with E-state index in [0.717, 1.165) is 38.3 Å². The summed E-state index contributed by atoms with van der Waals surface area (Å²) in [5.41, 5.74) is 0. The first-order chi connectivity index (χ1) is 18.7. The predicted molar refractivity (Wildman–Crippen MR) is 167 cm³/mol. The third-order valence-corrected chi connectivity index (χ3v) is 8.33. The van der Waals surface area contributed by atoms with Crippen LogP contribution in [0, 0.1) is 5.92 Å². The van der Waals surface area contributed by atoms with Gasteiger partial charge in [0.05, 0.1) is 12.7 Å². The molecule has 3 N–H and O–H groups in total. The highest BCUT2D eigenvalue weighted by Crippen LogP contribution is 2.24. The van der Waals surface area contributed by atoms with Gasteiger partial charge in [0.1, 0.15) is 0 Å². The number of unbranched alkanes of at least 4 members (excludes halogenated alkanes) is 18. The first-order valence-corrected chi connectivity index (χ1v) is 17.3. The van der Waals surface area contributed by atoms with Crippen molar-refractivity contribution in [1.29, 1.82) is 0 Å². The van der Waals surface area contributed by atoms with Crippen molar-refractivity contribution in [1.82, 2.24) is 4.90 Å². The summed E-state index contributed by atoms with van der Waals surface area (Å²) >= 11 is 0. The van der Waals surface area contributed by atoms with E-state index in [-0.39, 0.29) is 6.61 Å². The Hall–Kier alpha value is -0.160. The zero-order valence-corrected chi connectivity index (χ0v) is 26.2. The highest BCUT2D eigenvalue weighted by atomic mass is 16.3. The molecule has 0 radical (unpaired) electrons. The molecule has 230 valence electrons. The minimum atomic E-state index is -0.625. The zero-order valence-electron chi connectivity index (χ0n) is 26.2. The molecular weight excluding hydrogens is 470 g/mol. The van der Waals surface area contributed by atoms with E-state index in [2.05, 4.69) is 18.7 Å². The molecule has 0 saturated carbocycles. The lowest BCUT2D eigenvalue weighted by Gasteiger charge is -2.24. The molecule has 0 spiro atoms. The molecule has 0 aliphatic carbocycles. The molecule has 0 aromatic carbocycles. The van der Waals surface area contributed by atoms with Gasteiger partial charge >= 0.3 is 0 Å². The Balaban J connectivity index is 4.12. The van der Waals surface area contributed by atoms with E-state index < -0.39 is 6.10 Å². The molecule has 1 unspecified atom stereocenters. The summed E-state index contributed by atoms with van der Waals surface area (Å²) in [4.78, 5) is 2.35. The Kier molecular flexibility index (Phi) is 31.2. The van der Waals surface area contributed by atoms with Crippen LogP contribution >= 0.6 is 0 Å². The van der Waals surface area contributed by atoms with Crippen molar-refractivity contribution in [2.75, 3.05) is 32.8 Å². The van der Waals surface area contributed by atoms with Gasteiger partial charge in [0, 0.05) is 13.2 Å². The van der Waals surface area contributed by atoms with Gasteiger partial charge in [-0.2, -0.15) is 0 Å². The minimum Gasteiger partial charge on any atom is -0.396 e. The van der Waals surface area contributed by atoms with E-state index >= 15 is 0 Å². The summed E-state index contributed by atoms with van der Waals surface area (Å²) in [7, 11) is 0. The van der Waals surface area contributed by atoms with Crippen molar-refractivity contribution in [3.8, 4) is 0 Å². The molecule has 0 saturated heterocycles. The minimum absolute atomic E-state index is 0.147. The van der Waals surface area contributed by atoms with Gasteiger partial charge in [0.15, 0.2) is 0 Å². The van der Waals surface area contributed by atoms with Crippen molar-refractivity contribution in [2.24, 2.45) is 5.92 Å². The molecule has 0 aromatic heterocycles. The fraction of sp³-hybridized carbons (Fsp3) is 1.00. The van der Waals surface area contributed by atoms with Crippen LogP contribution in [0.25, 0.3) is 0 Å². The van der Waals surface area contributed by atoms with Crippen molar-refractivity contribution in [2.45, 2.75) is 180 Å². The van der Waals surface area contributed by atoms with Gasteiger partial charge in [-0.15, -0.1) is 0 Å². The predicted octanol–water partition coefficient (Wildman–Crippen LogP) is 9.04. The molecule has 0 fully saturated rings. The average Bonchev–Trinajstić information content (AvgIpc) is 2.92. The topological polar surface area (TPSA) is 63.9 Å². The zero-order chi connectivity index (χ0) is 27.9. The second-order valence-corrected chi connectivity index (χ2v) is 12.2. The maximum atomic E-state index is 9.94. The molecule has 38 heavy (non-hydrogen) atoms. The monoisotopic (exact) mass is 542 g/mol. The van der Waals surface area contributed by atoms with Crippen LogP contribution in [-0.4, -0.2) is 59.2 Å². The van der Waals surface area contributed by atoms with E-state index in [1.807, 2.05) is 0 Å². The van der Waals surface area contributed by atoms with Gasteiger partial charge in [-0.25, -0.2) is 0 Å². The summed E-state index contributed by atoms with van der Waals surface area (Å²) in [6.45, 7) is 7.39. The highest BCUT2D eigenvalue weighted by molar-refractivity contribution is 4.66. The number of aliphatic hydroxyl groups excluding tert-OH is 3. The van der Waals surface area contributed by atoms with Crippen molar-refractivity contribution in [3.05, 3.63) is 0 Å². The standard InChI is InChI=1S/C34H71NO3/c1-3-5-7-9-13-19-25-33(26-20-14-10-8-6-4-2)27-21-15-11-16-22-28-35(31-34(38)32-37)29-23-17-12-18-24-30-36/h33-34,36-38H,3-32H2,1-2H3. The molecule has 0 aliphatic rings. The average molecular weight is 542 g/mol. The van der Waals surface area contributed by atoms with E-state index in [1.165, 1.54) is 141 Å². The maximum absolute atomic E-state index is 9.94. The van der Waals surface area contributed by atoms with Crippen LogP contribution in [0.1, 0.15) is 174 Å². The summed E-state index contributed by atoms with van der Waals surface area (Å²) in [5.74, 6) is 0.959. The molecule has 0 heterocycles. The smallest absolute Gasteiger partial charge is 0.0897 e. The van der Waals surface area contributed by atoms with Crippen LogP contribution < -0.4 is 0 Å². The Morgan fingerprint density at radius 3 is 1.24 bits per heavy atom. The lowest BCUT2D eigenvalue weighted by molar-refractivity contribution is 0.0579. The van der Waals surface area contributed by atoms with Gasteiger partial charge in [0.2, 0.25) is 0 Å². The van der Waals surface area contributed by atoms with Crippen LogP contribution in [0.2, 0.25) is 0 Å². The second-order valence-electron chi connectivity index (χ2n) is 12.2. The van der Waals surface area contributed by atoms with Gasteiger partial charge in [-0.1, -0.05) is 155 Å². The molecule has 1 atom stereocenters. The molecule has 4 heteroatoms. The summed E-state index contributed by atoms with van der Waals surface area (Å²) in [5, 5.41) is 28.1. The third-order valence-electron chi connectivity index (χ3n) is 8.33. The summed E-state index contributed by atoms with van der Waals surface area (Å²) < 4.78 is 0. The Bertz CT molecular complexity index is 418. The van der Waals surface area contributed by atoms with Crippen molar-refractivity contribution in [3.63, 3.8) is 0 Å². The molecule has 4 nitrogen and oxygen atoms in total. The van der Waals surface area contributed by atoms with Crippen LogP contribution in [0.3, 0.4) is 0 Å². The van der Waals surface area contributed by atoms with E-state index in [0.29, 0.717) is 13.2 Å². The Morgan fingerprint density at radius 1 is 0.474 bits per heavy atom. The first kappa shape index (κ1) is 37.8. The van der Waals surface area contributed by atoms with Gasteiger partial charge in [0.25, 0.3) is 0 Å². The van der Waals surface area contributed by atoms with Gasteiger partial charge < -0.3 is 20.2 Å². The molecular formula is C34H71NO3. The number of aliphatic hydroxyl groups is 3. The van der Waals surface area contributed by atoms with Gasteiger partial charge in [-0.3, -0.25) is 0 Å². The van der Waals surface area contributed by atoms with Gasteiger partial charge in [-0.05, 0) is 38.3 Å². The van der Waals surface area contributed by atoms with Crippen molar-refractivity contribution < 1.29 is 15.3 Å². The first-order valence-electron chi connectivity index (χ1n) is 17.3. The van der Waals surface area contributed by atoms with Crippen LogP contribution in [0.5, 0.6) is 0 Å². The van der Waals surface area contributed by atoms with E-state index in [1.54, 1.807) is 0 Å². The van der Waals surface area contributed by atoms with E-state index in [4.69, 9.17) is 5.11 Å². The van der Waals surface area contributed by atoms with Crippen LogP contribution in [-0.2, 0) is 0 Å². The lowest BCUT2D eigenvalue weighted by Crippen LogP contribution is -2.35. The number of hydrogen-bond acceptors (Lipinski definition) is 4. The second kappa shape index (κ2) is 31.4. The molecule has 0 aromatic rings. The van der Waals surface area contributed by atoms with Crippen molar-refractivity contribution >= 4 is 0 Å². The molecule has 0 amide bonds. The summed E-state index contributed by atoms with van der Waals surface area (Å²) in [6.07, 6.45) is 32.8. The van der Waals surface area contributed by atoms with Crippen LogP contribution in [0.15, 0.2) is 0 Å². The molecule has 0 bridgehead atoms. The van der Waals surface area contributed by atoms with E-state index in [9.17, 15) is 10.2 Å². The fourth-order valence-corrected chi connectivity index (χ4v) is 5.79. The highest BCUT2D eigenvalue weighted by Gasteiger charge is 2.11. The largest absolute Gasteiger partial charge is 0.396 e. The normalized spacial score (nSPS) is 12.7. The third kappa shape index (κ3) is 27.4. The Labute approximate surface area is 239 Å². The molecule has 0 rings (SSSR count). The number of rotatable bonds is 32. The number of nitrogens with zero attached hydrogens (tertiary/aromatic N) is 1. The maximum Gasteiger partial charge on any atom is 0.0897 e. The fourth-order valence-electron chi connectivity index (χ4n) is 5.79. The lowest BCUT2D eigenvalue weighted by atomic mass is 9.89. The van der Waals surface area contributed by atoms with Crippen LogP contribution in [0.4, 0.5) is 0 Å². The SMILES string of the molecule is CCCCCCCCC(CCCCCCCC)CCCCCCCN(CCCCCCCO)CC(O)CO. The number of hydrogen-bond donors (Lipinski definition) is 3. The quantitative estimate of drug-likeness (QED) is 0.0743.